The summed E-state index contributed by atoms with van der Waals surface area (Å²) in [5.74, 6) is -0.0868. The van der Waals surface area contributed by atoms with Crippen molar-refractivity contribution in [2.45, 2.75) is 13.0 Å². The van der Waals surface area contributed by atoms with Crippen molar-refractivity contribution >= 4 is 39.1 Å². The molecule has 1 atom stereocenters. The minimum absolute atomic E-state index is 0.00867. The normalized spacial score (nSPS) is 12.0. The molecule has 5 heteroatoms. The molecule has 2 rings (SSSR count). The highest BCUT2D eigenvalue weighted by atomic mass is 79.9. The Morgan fingerprint density at radius 3 is 2.52 bits per heavy atom. The van der Waals surface area contributed by atoms with E-state index in [4.69, 9.17) is 11.6 Å². The first-order valence-electron chi connectivity index (χ1n) is 6.59. The second kappa shape index (κ2) is 7.59. The van der Waals surface area contributed by atoms with Crippen molar-refractivity contribution in [2.75, 3.05) is 11.9 Å². The summed E-state index contributed by atoms with van der Waals surface area (Å²) in [6, 6.07) is 15.1. The molecular weight excluding hydrogens is 352 g/mol. The molecule has 1 unspecified atom stereocenters. The van der Waals surface area contributed by atoms with Gasteiger partial charge in [-0.05, 0) is 42.8 Å². The Hall–Kier alpha value is -1.36. The third kappa shape index (κ3) is 4.84. The van der Waals surface area contributed by atoms with Gasteiger partial charge < -0.3 is 10.6 Å². The smallest absolute Gasteiger partial charge is 0.238 e. The minimum atomic E-state index is -0.0868. The first-order chi connectivity index (χ1) is 10.1. The summed E-state index contributed by atoms with van der Waals surface area (Å²) < 4.78 is 0.978. The summed E-state index contributed by atoms with van der Waals surface area (Å²) in [7, 11) is 0. The number of carbonyl (C=O) groups excluding carboxylic acids is 1. The van der Waals surface area contributed by atoms with Crippen LogP contribution >= 0.6 is 27.5 Å². The Morgan fingerprint density at radius 2 is 1.86 bits per heavy atom. The molecule has 2 aromatic carbocycles. The van der Waals surface area contributed by atoms with Crippen LogP contribution in [0, 0.1) is 0 Å². The molecule has 0 saturated carbocycles. The van der Waals surface area contributed by atoms with E-state index in [1.54, 1.807) is 0 Å². The Bertz CT molecular complexity index is 616. The summed E-state index contributed by atoms with van der Waals surface area (Å²) in [4.78, 5) is 11.9. The van der Waals surface area contributed by atoms with Crippen LogP contribution in [0.15, 0.2) is 53.0 Å². The van der Waals surface area contributed by atoms with Gasteiger partial charge in [-0.2, -0.15) is 0 Å². The van der Waals surface area contributed by atoms with Gasteiger partial charge in [0.15, 0.2) is 0 Å². The number of rotatable bonds is 5. The van der Waals surface area contributed by atoms with Crippen LogP contribution in [0.1, 0.15) is 18.5 Å². The molecule has 0 aliphatic heterocycles. The standard InChI is InChI=1S/C16H16BrClN2O/c1-11(14-4-2-3-5-15(14)18)19-10-16(21)20-13-8-6-12(17)7-9-13/h2-9,11,19H,10H2,1H3,(H,20,21). The van der Waals surface area contributed by atoms with Gasteiger partial charge in [0, 0.05) is 21.2 Å². The van der Waals surface area contributed by atoms with Crippen molar-refractivity contribution in [3.05, 3.63) is 63.6 Å². The van der Waals surface area contributed by atoms with Gasteiger partial charge in [0.05, 0.1) is 6.54 Å². The summed E-state index contributed by atoms with van der Waals surface area (Å²) >= 11 is 9.49. The number of hydrogen-bond donors (Lipinski definition) is 2. The van der Waals surface area contributed by atoms with E-state index in [1.165, 1.54) is 0 Å². The van der Waals surface area contributed by atoms with Crippen LogP contribution in [0.4, 0.5) is 5.69 Å². The Labute approximate surface area is 137 Å². The van der Waals surface area contributed by atoms with E-state index in [0.717, 1.165) is 15.7 Å². The van der Waals surface area contributed by atoms with E-state index in [2.05, 4.69) is 26.6 Å². The van der Waals surface area contributed by atoms with E-state index in [1.807, 2.05) is 55.5 Å². The van der Waals surface area contributed by atoms with Gasteiger partial charge in [-0.25, -0.2) is 0 Å². The second-order valence-electron chi connectivity index (χ2n) is 4.68. The monoisotopic (exact) mass is 366 g/mol. The average molecular weight is 368 g/mol. The Morgan fingerprint density at radius 1 is 1.19 bits per heavy atom. The minimum Gasteiger partial charge on any atom is -0.325 e. The lowest BCUT2D eigenvalue weighted by Crippen LogP contribution is -2.30. The highest BCUT2D eigenvalue weighted by molar-refractivity contribution is 9.10. The SMILES string of the molecule is CC(NCC(=O)Nc1ccc(Br)cc1)c1ccccc1Cl. The molecule has 2 N–H and O–H groups in total. The van der Waals surface area contributed by atoms with Crippen LogP contribution in [0.2, 0.25) is 5.02 Å². The van der Waals surface area contributed by atoms with Crippen molar-refractivity contribution in [1.82, 2.24) is 5.32 Å². The van der Waals surface area contributed by atoms with Crippen molar-refractivity contribution in [1.29, 1.82) is 0 Å². The fourth-order valence-electron chi connectivity index (χ4n) is 1.92. The van der Waals surface area contributed by atoms with E-state index < -0.39 is 0 Å². The fraction of sp³-hybridized carbons (Fsp3) is 0.188. The van der Waals surface area contributed by atoms with Gasteiger partial charge in [0.25, 0.3) is 0 Å². The third-order valence-electron chi connectivity index (χ3n) is 3.07. The van der Waals surface area contributed by atoms with Crippen molar-refractivity contribution in [2.24, 2.45) is 0 Å². The highest BCUT2D eigenvalue weighted by Crippen LogP contribution is 2.21. The zero-order valence-corrected chi connectivity index (χ0v) is 13.9. The first-order valence-corrected chi connectivity index (χ1v) is 7.76. The van der Waals surface area contributed by atoms with Crippen molar-refractivity contribution in [3.63, 3.8) is 0 Å². The molecule has 0 aromatic heterocycles. The topological polar surface area (TPSA) is 41.1 Å². The predicted octanol–water partition coefficient (Wildman–Crippen LogP) is 4.39. The zero-order valence-electron chi connectivity index (χ0n) is 11.6. The number of hydrogen-bond acceptors (Lipinski definition) is 2. The van der Waals surface area contributed by atoms with Crippen LogP contribution in [0.3, 0.4) is 0 Å². The van der Waals surface area contributed by atoms with E-state index in [-0.39, 0.29) is 18.5 Å². The molecule has 2 aromatic rings. The number of anilines is 1. The Balaban J connectivity index is 1.86. The molecule has 0 bridgehead atoms. The van der Waals surface area contributed by atoms with Crippen LogP contribution in [-0.4, -0.2) is 12.5 Å². The quantitative estimate of drug-likeness (QED) is 0.823. The number of amides is 1. The third-order valence-corrected chi connectivity index (χ3v) is 3.94. The summed E-state index contributed by atoms with van der Waals surface area (Å²) in [6.07, 6.45) is 0. The van der Waals surface area contributed by atoms with Gasteiger partial charge in [-0.3, -0.25) is 4.79 Å². The lowest BCUT2D eigenvalue weighted by Gasteiger charge is -2.15. The van der Waals surface area contributed by atoms with Crippen LogP contribution in [0.25, 0.3) is 0 Å². The van der Waals surface area contributed by atoms with E-state index in [0.29, 0.717) is 5.02 Å². The summed E-state index contributed by atoms with van der Waals surface area (Å²) in [5.41, 5.74) is 1.76. The van der Waals surface area contributed by atoms with Crippen LogP contribution < -0.4 is 10.6 Å². The number of nitrogens with one attached hydrogen (secondary N) is 2. The highest BCUT2D eigenvalue weighted by Gasteiger charge is 2.10. The summed E-state index contributed by atoms with van der Waals surface area (Å²) in [6.45, 7) is 2.20. The van der Waals surface area contributed by atoms with Gasteiger partial charge in [0.1, 0.15) is 0 Å². The van der Waals surface area contributed by atoms with Crippen LogP contribution in [-0.2, 0) is 4.79 Å². The zero-order chi connectivity index (χ0) is 15.2. The lowest BCUT2D eigenvalue weighted by molar-refractivity contribution is -0.115. The molecular formula is C16H16BrClN2O. The van der Waals surface area contributed by atoms with Gasteiger partial charge in [-0.1, -0.05) is 45.7 Å². The van der Waals surface area contributed by atoms with E-state index in [9.17, 15) is 4.79 Å². The molecule has 0 spiro atoms. The van der Waals surface area contributed by atoms with Crippen LogP contribution in [0.5, 0.6) is 0 Å². The molecule has 1 amide bonds. The molecule has 0 fully saturated rings. The lowest BCUT2D eigenvalue weighted by atomic mass is 10.1. The molecule has 0 radical (unpaired) electrons. The van der Waals surface area contributed by atoms with E-state index >= 15 is 0 Å². The number of carbonyl (C=O) groups is 1. The van der Waals surface area contributed by atoms with Crippen molar-refractivity contribution in [3.8, 4) is 0 Å². The molecule has 0 saturated heterocycles. The maximum absolute atomic E-state index is 11.9. The molecule has 0 aliphatic rings. The first kappa shape index (κ1) is 16.0. The predicted molar refractivity (Wildman–Crippen MR) is 90.6 cm³/mol. The molecule has 21 heavy (non-hydrogen) atoms. The maximum atomic E-state index is 11.9. The number of benzene rings is 2. The fourth-order valence-corrected chi connectivity index (χ4v) is 2.48. The van der Waals surface area contributed by atoms with Gasteiger partial charge >= 0.3 is 0 Å². The Kier molecular flexibility index (Phi) is 5.79. The molecule has 3 nitrogen and oxygen atoms in total. The second-order valence-corrected chi connectivity index (χ2v) is 6.00. The number of halogens is 2. The maximum Gasteiger partial charge on any atom is 0.238 e. The molecule has 0 aliphatic carbocycles. The van der Waals surface area contributed by atoms with Gasteiger partial charge in [0.2, 0.25) is 5.91 Å². The van der Waals surface area contributed by atoms with Gasteiger partial charge in [-0.15, -0.1) is 0 Å². The molecule has 0 heterocycles. The average Bonchev–Trinajstić information content (AvgIpc) is 2.48. The van der Waals surface area contributed by atoms with Crippen molar-refractivity contribution < 1.29 is 4.79 Å². The largest absolute Gasteiger partial charge is 0.325 e. The summed E-state index contributed by atoms with van der Waals surface area (Å²) in [5, 5.41) is 6.70. The molecule has 110 valence electrons.